The van der Waals surface area contributed by atoms with E-state index >= 15 is 0 Å². The van der Waals surface area contributed by atoms with Gasteiger partial charge in [-0.1, -0.05) is 17.7 Å². The van der Waals surface area contributed by atoms with Crippen LogP contribution in [0.1, 0.15) is 30.0 Å². The maximum atomic E-state index is 12.2. The zero-order valence-electron chi connectivity index (χ0n) is 16.4. The smallest absolute Gasteiger partial charge is 0.223 e. The Kier molecular flexibility index (Phi) is 7.60. The van der Waals surface area contributed by atoms with Gasteiger partial charge in [-0.15, -0.1) is 0 Å². The summed E-state index contributed by atoms with van der Waals surface area (Å²) in [6, 6.07) is 4.14. The van der Waals surface area contributed by atoms with Crippen LogP contribution in [0.15, 0.2) is 12.1 Å². The van der Waals surface area contributed by atoms with Crippen molar-refractivity contribution in [3.8, 4) is 0 Å². The zero-order chi connectivity index (χ0) is 19.1. The lowest BCUT2D eigenvalue weighted by Crippen LogP contribution is -2.42. The van der Waals surface area contributed by atoms with Crippen LogP contribution in [0.4, 0.5) is 5.69 Å². The second-order valence-electron chi connectivity index (χ2n) is 6.97. The normalized spacial score (nSPS) is 14.9. The third kappa shape index (κ3) is 5.81. The van der Waals surface area contributed by atoms with Gasteiger partial charge in [-0.2, -0.15) is 0 Å². The Hall–Kier alpha value is -1.92. The zero-order valence-corrected chi connectivity index (χ0v) is 16.4. The van der Waals surface area contributed by atoms with Crippen LogP contribution in [-0.4, -0.2) is 62.7 Å². The molecule has 1 aliphatic heterocycles. The molecule has 0 atom stereocenters. The van der Waals surface area contributed by atoms with Gasteiger partial charge in [0, 0.05) is 51.8 Å². The number of carbonyl (C=O) groups is 2. The third-order valence-electron chi connectivity index (χ3n) is 4.70. The summed E-state index contributed by atoms with van der Waals surface area (Å²) in [7, 11) is 0. The predicted molar refractivity (Wildman–Crippen MR) is 104 cm³/mol. The molecule has 1 aromatic rings. The number of ether oxygens (including phenoxy) is 1. The van der Waals surface area contributed by atoms with Crippen molar-refractivity contribution in [3.63, 3.8) is 0 Å². The molecule has 0 unspecified atom stereocenters. The fraction of sp³-hybridized carbons (Fsp3) is 0.600. The highest BCUT2D eigenvalue weighted by Crippen LogP contribution is 2.26. The number of morpholine rings is 1. The van der Waals surface area contributed by atoms with Crippen molar-refractivity contribution in [3.05, 3.63) is 28.8 Å². The average Bonchev–Trinajstić information content (AvgIpc) is 2.57. The van der Waals surface area contributed by atoms with Gasteiger partial charge in [0.25, 0.3) is 0 Å². The molecule has 2 amide bonds. The number of rotatable bonds is 7. The highest BCUT2D eigenvalue weighted by molar-refractivity contribution is 5.94. The summed E-state index contributed by atoms with van der Waals surface area (Å²) < 4.78 is 5.32. The molecule has 0 bridgehead atoms. The van der Waals surface area contributed by atoms with Crippen LogP contribution in [0, 0.1) is 20.8 Å². The molecule has 2 rings (SSSR count). The summed E-state index contributed by atoms with van der Waals surface area (Å²) in [5, 5.41) is 2.95. The molecule has 6 heteroatoms. The van der Waals surface area contributed by atoms with E-state index in [1.807, 2.05) is 20.8 Å². The molecule has 1 saturated heterocycles. The maximum Gasteiger partial charge on any atom is 0.223 e. The Morgan fingerprint density at radius 2 is 1.77 bits per heavy atom. The van der Waals surface area contributed by atoms with Gasteiger partial charge < -0.3 is 15.0 Å². The predicted octanol–water partition coefficient (Wildman–Crippen LogP) is 1.80. The van der Waals surface area contributed by atoms with E-state index in [1.54, 1.807) is 11.8 Å². The van der Waals surface area contributed by atoms with Gasteiger partial charge in [-0.25, -0.2) is 0 Å². The summed E-state index contributed by atoms with van der Waals surface area (Å²) in [6.07, 6.45) is 0.301. The number of hydrogen-bond donors (Lipinski definition) is 1. The highest BCUT2D eigenvalue weighted by Gasteiger charge is 2.18. The summed E-state index contributed by atoms with van der Waals surface area (Å²) in [5.74, 6) is -0.0619. The van der Waals surface area contributed by atoms with Gasteiger partial charge >= 0.3 is 0 Å². The SMILES string of the molecule is CC(=O)N(CCC(=O)NCCN1CCOCC1)c1c(C)cc(C)cc1C. The number of hydrogen-bond acceptors (Lipinski definition) is 4. The molecule has 1 fully saturated rings. The van der Waals surface area contributed by atoms with Crippen LogP contribution in [-0.2, 0) is 14.3 Å². The maximum absolute atomic E-state index is 12.2. The monoisotopic (exact) mass is 361 g/mol. The Balaban J connectivity index is 1.86. The molecular weight excluding hydrogens is 330 g/mol. The summed E-state index contributed by atoms with van der Waals surface area (Å²) >= 11 is 0. The number of nitrogens with one attached hydrogen (secondary N) is 1. The lowest BCUT2D eigenvalue weighted by Gasteiger charge is -2.27. The van der Waals surface area contributed by atoms with Crippen LogP contribution < -0.4 is 10.2 Å². The molecule has 144 valence electrons. The topological polar surface area (TPSA) is 61.9 Å². The van der Waals surface area contributed by atoms with Gasteiger partial charge in [-0.3, -0.25) is 14.5 Å². The van der Waals surface area contributed by atoms with Crippen molar-refractivity contribution in [2.24, 2.45) is 0 Å². The standard InChI is InChI=1S/C20H31N3O3/c1-15-13-16(2)20(17(3)14-15)23(18(4)24)7-5-19(25)21-6-8-22-9-11-26-12-10-22/h13-14H,5-12H2,1-4H3,(H,21,25). The van der Waals surface area contributed by atoms with Crippen molar-refractivity contribution in [2.75, 3.05) is 50.8 Å². The third-order valence-corrected chi connectivity index (χ3v) is 4.70. The van der Waals surface area contributed by atoms with Crippen LogP contribution in [0.3, 0.4) is 0 Å². The fourth-order valence-electron chi connectivity index (χ4n) is 3.50. The van der Waals surface area contributed by atoms with Crippen LogP contribution in [0.5, 0.6) is 0 Å². The number of benzene rings is 1. The average molecular weight is 361 g/mol. The van der Waals surface area contributed by atoms with Gasteiger partial charge in [-0.05, 0) is 31.9 Å². The van der Waals surface area contributed by atoms with Crippen molar-refractivity contribution >= 4 is 17.5 Å². The second kappa shape index (κ2) is 9.69. The van der Waals surface area contributed by atoms with Crippen molar-refractivity contribution in [2.45, 2.75) is 34.1 Å². The Labute approximate surface area is 156 Å². The number of nitrogens with zero attached hydrogens (tertiary/aromatic N) is 2. The van der Waals surface area contributed by atoms with Crippen LogP contribution >= 0.6 is 0 Å². The van der Waals surface area contributed by atoms with Crippen LogP contribution in [0.25, 0.3) is 0 Å². The van der Waals surface area contributed by atoms with E-state index in [1.165, 1.54) is 5.56 Å². The quantitative estimate of drug-likeness (QED) is 0.804. The molecular formula is C20H31N3O3. The van der Waals surface area contributed by atoms with Crippen molar-refractivity contribution < 1.29 is 14.3 Å². The number of carbonyl (C=O) groups excluding carboxylic acids is 2. The first-order valence-corrected chi connectivity index (χ1v) is 9.31. The second-order valence-corrected chi connectivity index (χ2v) is 6.97. The Morgan fingerprint density at radius 3 is 2.35 bits per heavy atom. The molecule has 1 aromatic carbocycles. The minimum atomic E-state index is -0.0406. The van der Waals surface area contributed by atoms with Crippen LogP contribution in [0.2, 0.25) is 0 Å². The largest absolute Gasteiger partial charge is 0.379 e. The van der Waals surface area contributed by atoms with Gasteiger partial charge in [0.15, 0.2) is 0 Å². The molecule has 0 aliphatic carbocycles. The van der Waals surface area contributed by atoms with E-state index in [0.717, 1.165) is 49.7 Å². The molecule has 0 saturated carbocycles. The first-order valence-electron chi connectivity index (χ1n) is 9.31. The first-order chi connectivity index (χ1) is 12.4. The van der Waals surface area contributed by atoms with E-state index in [4.69, 9.17) is 4.74 Å². The van der Waals surface area contributed by atoms with Crippen molar-refractivity contribution in [1.82, 2.24) is 10.2 Å². The number of anilines is 1. The summed E-state index contributed by atoms with van der Waals surface area (Å²) in [5.41, 5.74) is 4.22. The molecule has 1 aliphatic rings. The molecule has 1 heterocycles. The summed E-state index contributed by atoms with van der Waals surface area (Å²) in [6.45, 7) is 12.8. The Bertz CT molecular complexity index is 616. The molecule has 0 spiro atoms. The number of aryl methyl sites for hydroxylation is 3. The Morgan fingerprint density at radius 1 is 1.15 bits per heavy atom. The van der Waals surface area contributed by atoms with Gasteiger partial charge in [0.1, 0.15) is 0 Å². The van der Waals surface area contributed by atoms with E-state index < -0.39 is 0 Å². The van der Waals surface area contributed by atoms with E-state index in [0.29, 0.717) is 19.5 Å². The van der Waals surface area contributed by atoms with Gasteiger partial charge in [0.05, 0.1) is 13.2 Å². The van der Waals surface area contributed by atoms with E-state index in [-0.39, 0.29) is 11.8 Å². The first kappa shape index (κ1) is 20.4. The lowest BCUT2D eigenvalue weighted by molar-refractivity contribution is -0.121. The van der Waals surface area contributed by atoms with E-state index in [2.05, 4.69) is 22.3 Å². The fourth-order valence-corrected chi connectivity index (χ4v) is 3.50. The molecule has 6 nitrogen and oxygen atoms in total. The minimum Gasteiger partial charge on any atom is -0.379 e. The highest BCUT2D eigenvalue weighted by atomic mass is 16.5. The summed E-state index contributed by atoms with van der Waals surface area (Å²) in [4.78, 5) is 28.3. The lowest BCUT2D eigenvalue weighted by atomic mass is 10.0. The minimum absolute atomic E-state index is 0.0214. The van der Waals surface area contributed by atoms with Gasteiger partial charge in [0.2, 0.25) is 11.8 Å². The van der Waals surface area contributed by atoms with Crippen molar-refractivity contribution in [1.29, 1.82) is 0 Å². The molecule has 0 aromatic heterocycles. The number of amides is 2. The molecule has 26 heavy (non-hydrogen) atoms. The van der Waals surface area contributed by atoms with E-state index in [9.17, 15) is 9.59 Å². The molecule has 1 N–H and O–H groups in total. The molecule has 0 radical (unpaired) electrons.